The molecule has 1 amide bonds. The van der Waals surface area contributed by atoms with Crippen molar-refractivity contribution in [2.24, 2.45) is 0 Å². The lowest BCUT2D eigenvalue weighted by Crippen LogP contribution is -2.63. The van der Waals surface area contributed by atoms with Crippen LogP contribution in [0, 0.1) is 22.7 Å². The van der Waals surface area contributed by atoms with E-state index in [1.54, 1.807) is 12.1 Å². The van der Waals surface area contributed by atoms with Crippen LogP contribution >= 0.6 is 11.6 Å². The molecule has 0 atom stereocenters. The van der Waals surface area contributed by atoms with Crippen LogP contribution in [0.3, 0.4) is 0 Å². The molecule has 3 fully saturated rings. The standard InChI is InChI=1S/C24H24ClN11O2/c25-20-18(30-23-31-21(29-15-1-2-15)22-28-11-16(10-27)36(22)32-23)7-14(9-26)8-19(20)35-12-17(13-35)33-3-5-34(6-4-33)24(37)38/h7-8,11,15,17H,1-6,12-13H2,(H,37,38)(H2,29,30,31,32). The number of imidazole rings is 1. The van der Waals surface area contributed by atoms with Gasteiger partial charge in [0, 0.05) is 51.4 Å². The minimum absolute atomic E-state index is 0.218. The van der Waals surface area contributed by atoms with Gasteiger partial charge >= 0.3 is 6.09 Å². The van der Waals surface area contributed by atoms with Gasteiger partial charge in [-0.05, 0) is 25.0 Å². The van der Waals surface area contributed by atoms with Crippen LogP contribution in [0.15, 0.2) is 18.3 Å². The van der Waals surface area contributed by atoms with Gasteiger partial charge in [-0.1, -0.05) is 11.6 Å². The quantitative estimate of drug-likeness (QED) is 0.426. The van der Waals surface area contributed by atoms with E-state index in [-0.39, 0.29) is 17.7 Å². The van der Waals surface area contributed by atoms with E-state index >= 15 is 0 Å². The minimum Gasteiger partial charge on any atom is -0.465 e. The number of carboxylic acid groups (broad SMARTS) is 1. The summed E-state index contributed by atoms with van der Waals surface area (Å²) in [6.07, 6.45) is 2.65. The predicted octanol–water partition coefficient (Wildman–Crippen LogP) is 2.32. The Morgan fingerprint density at radius 3 is 2.55 bits per heavy atom. The number of carbonyl (C=O) groups is 1. The third-order valence-corrected chi connectivity index (χ3v) is 7.53. The first-order valence-electron chi connectivity index (χ1n) is 12.3. The number of nitriles is 2. The zero-order valence-corrected chi connectivity index (χ0v) is 21.1. The van der Waals surface area contributed by atoms with E-state index in [9.17, 15) is 20.4 Å². The van der Waals surface area contributed by atoms with E-state index in [2.05, 4.69) is 47.6 Å². The lowest BCUT2D eigenvalue weighted by molar-refractivity contribution is 0.0763. The smallest absolute Gasteiger partial charge is 0.407 e. The first-order chi connectivity index (χ1) is 18.4. The first kappa shape index (κ1) is 24.0. The summed E-state index contributed by atoms with van der Waals surface area (Å²) in [6, 6.07) is 8.30. The fourth-order valence-electron chi connectivity index (χ4n) is 4.80. The highest BCUT2D eigenvalue weighted by molar-refractivity contribution is 6.36. The Balaban J connectivity index is 1.23. The normalized spacial score (nSPS) is 18.1. The third kappa shape index (κ3) is 4.47. The van der Waals surface area contributed by atoms with Gasteiger partial charge in [0.05, 0.1) is 34.2 Å². The van der Waals surface area contributed by atoms with Gasteiger partial charge in [0.2, 0.25) is 5.95 Å². The van der Waals surface area contributed by atoms with Crippen molar-refractivity contribution in [3.05, 3.63) is 34.6 Å². The van der Waals surface area contributed by atoms with E-state index in [0.29, 0.717) is 60.0 Å². The number of piperazine rings is 1. The van der Waals surface area contributed by atoms with E-state index in [4.69, 9.17) is 11.6 Å². The topological polar surface area (TPSA) is 162 Å². The summed E-state index contributed by atoms with van der Waals surface area (Å²) >= 11 is 6.83. The fourth-order valence-corrected chi connectivity index (χ4v) is 5.08. The van der Waals surface area contributed by atoms with Crippen LogP contribution in [0.1, 0.15) is 24.1 Å². The summed E-state index contributed by atoms with van der Waals surface area (Å²) in [4.78, 5) is 25.9. The van der Waals surface area contributed by atoms with Crippen LogP contribution in [0.25, 0.3) is 5.65 Å². The lowest BCUT2D eigenvalue weighted by Gasteiger charge is -2.49. The van der Waals surface area contributed by atoms with Crippen molar-refractivity contribution in [3.63, 3.8) is 0 Å². The highest BCUT2D eigenvalue weighted by Crippen LogP contribution is 2.38. The summed E-state index contributed by atoms with van der Waals surface area (Å²) in [5.74, 6) is 0.740. The molecular weight excluding hydrogens is 510 g/mol. The van der Waals surface area contributed by atoms with Crippen LogP contribution in [-0.2, 0) is 0 Å². The molecule has 194 valence electrons. The van der Waals surface area contributed by atoms with Crippen molar-refractivity contribution in [1.29, 1.82) is 10.5 Å². The average molecular weight is 534 g/mol. The Bertz CT molecular complexity index is 1490. The van der Waals surface area contributed by atoms with E-state index in [1.807, 2.05) is 0 Å². The van der Waals surface area contributed by atoms with Crippen LogP contribution in [0.4, 0.5) is 27.9 Å². The Hall–Kier alpha value is -4.33. The molecule has 1 aliphatic carbocycles. The molecule has 3 aromatic rings. The number of anilines is 4. The molecule has 2 aliphatic heterocycles. The van der Waals surface area contributed by atoms with Crippen molar-refractivity contribution >= 4 is 46.5 Å². The van der Waals surface area contributed by atoms with Gasteiger partial charge in [-0.25, -0.2) is 9.78 Å². The van der Waals surface area contributed by atoms with Crippen molar-refractivity contribution in [2.75, 3.05) is 54.8 Å². The number of rotatable bonds is 6. The van der Waals surface area contributed by atoms with Crippen LogP contribution in [-0.4, -0.2) is 91.9 Å². The van der Waals surface area contributed by atoms with Crippen LogP contribution in [0.2, 0.25) is 5.02 Å². The Labute approximate surface area is 222 Å². The molecular formula is C24H24ClN11O2. The first-order valence-corrected chi connectivity index (χ1v) is 12.7. The van der Waals surface area contributed by atoms with Crippen molar-refractivity contribution < 1.29 is 9.90 Å². The molecule has 2 saturated heterocycles. The maximum atomic E-state index is 11.2. The van der Waals surface area contributed by atoms with Crippen molar-refractivity contribution in [1.82, 2.24) is 29.4 Å². The average Bonchev–Trinajstić information content (AvgIpc) is 3.61. The molecule has 14 heteroatoms. The number of benzene rings is 1. The van der Waals surface area contributed by atoms with Crippen molar-refractivity contribution in [2.45, 2.75) is 24.9 Å². The van der Waals surface area contributed by atoms with E-state index < -0.39 is 6.09 Å². The molecule has 3 N–H and O–H groups in total. The van der Waals surface area contributed by atoms with Gasteiger partial charge in [-0.15, -0.1) is 5.10 Å². The summed E-state index contributed by atoms with van der Waals surface area (Å²) in [5, 5.41) is 39.7. The molecule has 0 radical (unpaired) electrons. The maximum absolute atomic E-state index is 11.2. The number of fused-ring (bicyclic) bond motifs is 1. The maximum Gasteiger partial charge on any atom is 0.407 e. The number of nitrogens with one attached hydrogen (secondary N) is 2. The molecule has 0 unspecified atom stereocenters. The molecule has 4 heterocycles. The Morgan fingerprint density at radius 2 is 1.89 bits per heavy atom. The van der Waals surface area contributed by atoms with Gasteiger partial charge in [0.15, 0.2) is 17.2 Å². The zero-order valence-electron chi connectivity index (χ0n) is 20.3. The highest BCUT2D eigenvalue weighted by atomic mass is 35.5. The number of halogens is 1. The van der Waals surface area contributed by atoms with Gasteiger partial charge < -0.3 is 25.5 Å². The van der Waals surface area contributed by atoms with Gasteiger partial charge in [0.25, 0.3) is 0 Å². The Morgan fingerprint density at radius 1 is 1.13 bits per heavy atom. The minimum atomic E-state index is -0.879. The summed E-state index contributed by atoms with van der Waals surface area (Å²) in [5.41, 5.74) is 2.38. The highest BCUT2D eigenvalue weighted by Gasteiger charge is 2.35. The number of aromatic nitrogens is 4. The Kier molecular flexibility index (Phi) is 6.02. The third-order valence-electron chi connectivity index (χ3n) is 7.13. The molecule has 1 saturated carbocycles. The summed E-state index contributed by atoms with van der Waals surface area (Å²) < 4.78 is 1.44. The second kappa shape index (κ2) is 9.52. The van der Waals surface area contributed by atoms with Crippen molar-refractivity contribution in [3.8, 4) is 12.1 Å². The van der Waals surface area contributed by atoms with Crippen LogP contribution < -0.4 is 15.5 Å². The molecule has 0 spiro atoms. The molecule has 1 aromatic carbocycles. The number of hydrogen-bond donors (Lipinski definition) is 3. The lowest BCUT2D eigenvalue weighted by atomic mass is 10.0. The SMILES string of the molecule is N#Cc1cc(Nc2nc(NC3CC3)c3ncc(C#N)n3n2)c(Cl)c(N2CC(N3CCN(C(=O)O)CC3)C2)c1. The second-order valence-corrected chi connectivity index (χ2v) is 10.0. The number of amides is 1. The van der Waals surface area contributed by atoms with Crippen LogP contribution in [0.5, 0.6) is 0 Å². The second-order valence-electron chi connectivity index (χ2n) is 9.65. The summed E-state index contributed by atoms with van der Waals surface area (Å²) in [7, 11) is 0. The molecule has 2 aromatic heterocycles. The molecule has 38 heavy (non-hydrogen) atoms. The molecule has 0 bridgehead atoms. The molecule has 6 rings (SSSR count). The predicted molar refractivity (Wildman–Crippen MR) is 139 cm³/mol. The largest absolute Gasteiger partial charge is 0.465 e. The number of nitrogens with zero attached hydrogens (tertiary/aromatic N) is 9. The molecule has 3 aliphatic rings. The van der Waals surface area contributed by atoms with E-state index in [1.165, 1.54) is 15.6 Å². The summed E-state index contributed by atoms with van der Waals surface area (Å²) in [6.45, 7) is 3.83. The van der Waals surface area contributed by atoms with Gasteiger partial charge in [-0.2, -0.15) is 20.0 Å². The monoisotopic (exact) mass is 533 g/mol. The number of hydrogen-bond acceptors (Lipinski definition) is 10. The zero-order chi connectivity index (χ0) is 26.4. The molecule has 13 nitrogen and oxygen atoms in total. The van der Waals surface area contributed by atoms with Gasteiger partial charge in [-0.3, -0.25) is 4.90 Å². The fraction of sp³-hybridized carbons (Fsp3) is 0.417. The van der Waals surface area contributed by atoms with E-state index in [0.717, 1.165) is 31.6 Å². The van der Waals surface area contributed by atoms with Gasteiger partial charge in [0.1, 0.15) is 6.07 Å².